The standard InChI is InChI=1S/C14H16N4O/c19-14(17-11-4-2-1-3-5-11)18-8-6-12-13(7-9-18)16-10-15-12/h1-5,10H,6-9H2,(H,15,16)(H,17,19). The van der Waals surface area contributed by atoms with E-state index < -0.39 is 0 Å². The van der Waals surface area contributed by atoms with Crippen LogP contribution in [0.2, 0.25) is 0 Å². The lowest BCUT2D eigenvalue weighted by atomic mass is 10.2. The van der Waals surface area contributed by atoms with Gasteiger partial charge in [0.25, 0.3) is 0 Å². The second-order valence-corrected chi connectivity index (χ2v) is 4.61. The monoisotopic (exact) mass is 256 g/mol. The molecule has 0 bridgehead atoms. The lowest BCUT2D eigenvalue weighted by molar-refractivity contribution is 0.214. The molecule has 1 aromatic heterocycles. The first-order valence-corrected chi connectivity index (χ1v) is 6.45. The number of H-pyrrole nitrogens is 1. The van der Waals surface area contributed by atoms with Gasteiger partial charge in [-0.3, -0.25) is 0 Å². The number of urea groups is 1. The summed E-state index contributed by atoms with van der Waals surface area (Å²) in [7, 11) is 0. The van der Waals surface area contributed by atoms with E-state index in [0.717, 1.165) is 29.9 Å². The fraction of sp³-hybridized carbons (Fsp3) is 0.286. The molecule has 0 fully saturated rings. The first-order valence-electron chi connectivity index (χ1n) is 6.45. The minimum absolute atomic E-state index is 0.0450. The number of aromatic nitrogens is 2. The fourth-order valence-corrected chi connectivity index (χ4v) is 2.31. The van der Waals surface area contributed by atoms with Gasteiger partial charge in [0.1, 0.15) is 0 Å². The van der Waals surface area contributed by atoms with Crippen LogP contribution in [0, 0.1) is 0 Å². The van der Waals surface area contributed by atoms with Crippen molar-refractivity contribution in [2.75, 3.05) is 18.4 Å². The number of nitrogens with one attached hydrogen (secondary N) is 2. The van der Waals surface area contributed by atoms with Gasteiger partial charge in [0, 0.05) is 37.3 Å². The minimum Gasteiger partial charge on any atom is -0.348 e. The second kappa shape index (κ2) is 5.14. The van der Waals surface area contributed by atoms with E-state index in [1.54, 1.807) is 6.33 Å². The van der Waals surface area contributed by atoms with Crippen molar-refractivity contribution in [2.24, 2.45) is 0 Å². The summed E-state index contributed by atoms with van der Waals surface area (Å²) in [5.41, 5.74) is 3.05. The van der Waals surface area contributed by atoms with Crippen molar-refractivity contribution in [1.82, 2.24) is 14.9 Å². The SMILES string of the molecule is O=C(Nc1ccccc1)N1CCc2nc[nH]c2CC1. The van der Waals surface area contributed by atoms with Gasteiger partial charge in [-0.15, -0.1) is 0 Å². The summed E-state index contributed by atoms with van der Waals surface area (Å²) in [6, 6.07) is 9.48. The van der Waals surface area contributed by atoms with Crippen molar-refractivity contribution in [1.29, 1.82) is 0 Å². The molecular weight excluding hydrogens is 240 g/mol. The Hall–Kier alpha value is -2.30. The smallest absolute Gasteiger partial charge is 0.321 e. The summed E-state index contributed by atoms with van der Waals surface area (Å²) in [5.74, 6) is 0. The van der Waals surface area contributed by atoms with Crippen LogP contribution in [0.1, 0.15) is 11.4 Å². The normalized spacial score (nSPS) is 14.6. The molecule has 0 radical (unpaired) electrons. The van der Waals surface area contributed by atoms with Crippen LogP contribution >= 0.6 is 0 Å². The van der Waals surface area contributed by atoms with Crippen molar-refractivity contribution in [3.8, 4) is 0 Å². The number of para-hydroxylation sites is 1. The number of imidazole rings is 1. The maximum absolute atomic E-state index is 12.2. The van der Waals surface area contributed by atoms with Gasteiger partial charge in [-0.25, -0.2) is 9.78 Å². The van der Waals surface area contributed by atoms with Gasteiger partial charge in [-0.05, 0) is 12.1 Å². The number of hydrogen-bond donors (Lipinski definition) is 2. The largest absolute Gasteiger partial charge is 0.348 e. The molecule has 3 rings (SSSR count). The number of carbonyl (C=O) groups excluding carboxylic acids is 1. The molecule has 0 saturated heterocycles. The molecule has 2 N–H and O–H groups in total. The van der Waals surface area contributed by atoms with Crippen LogP contribution in [-0.2, 0) is 12.8 Å². The molecule has 2 aromatic rings. The summed E-state index contributed by atoms with van der Waals surface area (Å²) >= 11 is 0. The molecule has 0 atom stereocenters. The number of fused-ring (bicyclic) bond motifs is 1. The zero-order chi connectivity index (χ0) is 13.1. The van der Waals surface area contributed by atoms with Gasteiger partial charge in [0.2, 0.25) is 0 Å². The molecule has 98 valence electrons. The molecule has 0 saturated carbocycles. The quantitative estimate of drug-likeness (QED) is 0.820. The van der Waals surface area contributed by atoms with Gasteiger partial charge in [0.05, 0.1) is 12.0 Å². The molecule has 5 nitrogen and oxygen atoms in total. The Morgan fingerprint density at radius 2 is 2.00 bits per heavy atom. The first-order chi connectivity index (χ1) is 9.33. The van der Waals surface area contributed by atoms with Crippen LogP contribution in [0.5, 0.6) is 0 Å². The highest BCUT2D eigenvalue weighted by molar-refractivity contribution is 5.89. The van der Waals surface area contributed by atoms with E-state index in [-0.39, 0.29) is 6.03 Å². The Labute approximate surface area is 111 Å². The summed E-state index contributed by atoms with van der Waals surface area (Å²) in [6.07, 6.45) is 3.36. The third-order valence-electron chi connectivity index (χ3n) is 3.37. The Kier molecular flexibility index (Phi) is 3.18. The molecule has 2 heterocycles. The van der Waals surface area contributed by atoms with Crippen LogP contribution in [0.3, 0.4) is 0 Å². The van der Waals surface area contributed by atoms with E-state index in [2.05, 4.69) is 15.3 Å². The molecule has 0 aliphatic carbocycles. The molecule has 5 heteroatoms. The van der Waals surface area contributed by atoms with Gasteiger partial charge < -0.3 is 15.2 Å². The molecule has 0 unspecified atom stereocenters. The maximum atomic E-state index is 12.2. The summed E-state index contributed by atoms with van der Waals surface area (Å²) in [6.45, 7) is 1.42. The van der Waals surface area contributed by atoms with Gasteiger partial charge in [-0.1, -0.05) is 18.2 Å². The lowest BCUT2D eigenvalue weighted by Crippen LogP contribution is -2.36. The predicted molar refractivity (Wildman–Crippen MR) is 73.0 cm³/mol. The van der Waals surface area contributed by atoms with Gasteiger partial charge >= 0.3 is 6.03 Å². The molecule has 19 heavy (non-hydrogen) atoms. The third kappa shape index (κ3) is 2.59. The molecule has 1 aliphatic rings. The zero-order valence-corrected chi connectivity index (χ0v) is 10.6. The fourth-order valence-electron chi connectivity index (χ4n) is 2.31. The number of nitrogens with zero attached hydrogens (tertiary/aromatic N) is 2. The zero-order valence-electron chi connectivity index (χ0n) is 10.6. The Bertz CT molecular complexity index is 541. The van der Waals surface area contributed by atoms with Crippen molar-refractivity contribution in [3.05, 3.63) is 48.0 Å². The number of hydrogen-bond acceptors (Lipinski definition) is 2. The molecule has 2 amide bonds. The van der Waals surface area contributed by atoms with E-state index in [1.165, 1.54) is 0 Å². The maximum Gasteiger partial charge on any atom is 0.321 e. The Morgan fingerprint density at radius 1 is 1.21 bits per heavy atom. The number of benzene rings is 1. The second-order valence-electron chi connectivity index (χ2n) is 4.61. The number of rotatable bonds is 1. The van der Waals surface area contributed by atoms with E-state index in [0.29, 0.717) is 13.1 Å². The average molecular weight is 256 g/mol. The van der Waals surface area contributed by atoms with Crippen LogP contribution < -0.4 is 5.32 Å². The Morgan fingerprint density at radius 3 is 2.84 bits per heavy atom. The highest BCUT2D eigenvalue weighted by Crippen LogP contribution is 2.13. The highest BCUT2D eigenvalue weighted by atomic mass is 16.2. The van der Waals surface area contributed by atoms with Crippen LogP contribution in [-0.4, -0.2) is 34.0 Å². The molecule has 1 aliphatic heterocycles. The van der Waals surface area contributed by atoms with Crippen LogP contribution in [0.15, 0.2) is 36.7 Å². The van der Waals surface area contributed by atoms with Crippen LogP contribution in [0.4, 0.5) is 10.5 Å². The number of carbonyl (C=O) groups is 1. The molecule has 0 spiro atoms. The van der Waals surface area contributed by atoms with E-state index in [4.69, 9.17) is 0 Å². The predicted octanol–water partition coefficient (Wildman–Crippen LogP) is 2.04. The summed E-state index contributed by atoms with van der Waals surface area (Å²) < 4.78 is 0. The lowest BCUT2D eigenvalue weighted by Gasteiger charge is -2.20. The van der Waals surface area contributed by atoms with Crippen molar-refractivity contribution in [3.63, 3.8) is 0 Å². The Balaban J connectivity index is 1.64. The molecular formula is C14H16N4O. The van der Waals surface area contributed by atoms with Crippen LogP contribution in [0.25, 0.3) is 0 Å². The summed E-state index contributed by atoms with van der Waals surface area (Å²) in [4.78, 5) is 21.4. The van der Waals surface area contributed by atoms with E-state index in [9.17, 15) is 4.79 Å². The highest BCUT2D eigenvalue weighted by Gasteiger charge is 2.19. The first kappa shape index (κ1) is 11.8. The number of amides is 2. The topological polar surface area (TPSA) is 61.0 Å². The van der Waals surface area contributed by atoms with Crippen molar-refractivity contribution >= 4 is 11.7 Å². The van der Waals surface area contributed by atoms with Crippen molar-refractivity contribution < 1.29 is 4.79 Å². The number of anilines is 1. The summed E-state index contributed by atoms with van der Waals surface area (Å²) in [5, 5.41) is 2.91. The van der Waals surface area contributed by atoms with Gasteiger partial charge in [-0.2, -0.15) is 0 Å². The minimum atomic E-state index is -0.0450. The van der Waals surface area contributed by atoms with E-state index >= 15 is 0 Å². The van der Waals surface area contributed by atoms with Gasteiger partial charge in [0.15, 0.2) is 0 Å². The molecule has 1 aromatic carbocycles. The average Bonchev–Trinajstić information content (AvgIpc) is 2.78. The number of aromatic amines is 1. The third-order valence-corrected chi connectivity index (χ3v) is 3.37. The van der Waals surface area contributed by atoms with Crippen molar-refractivity contribution in [2.45, 2.75) is 12.8 Å². The van der Waals surface area contributed by atoms with E-state index in [1.807, 2.05) is 35.2 Å².